The van der Waals surface area contributed by atoms with Crippen LogP contribution >= 0.6 is 11.6 Å². The molecule has 0 spiro atoms. The van der Waals surface area contributed by atoms with Crippen molar-refractivity contribution in [3.05, 3.63) is 70.2 Å². The Balaban J connectivity index is 1.65. The fraction of sp³-hybridized carbons (Fsp3) is 0.200. The summed E-state index contributed by atoms with van der Waals surface area (Å²) < 4.78 is 23.6. The molecule has 0 aliphatic carbocycles. The van der Waals surface area contributed by atoms with Crippen molar-refractivity contribution in [3.63, 3.8) is 0 Å². The Morgan fingerprint density at radius 2 is 1.93 bits per heavy atom. The second-order valence-electron chi connectivity index (χ2n) is 6.06. The molecule has 0 aliphatic heterocycles. The maximum Gasteiger partial charge on any atom is 0.375 e. The van der Waals surface area contributed by atoms with Crippen LogP contribution in [0.4, 0.5) is 4.39 Å². The maximum absolute atomic E-state index is 12.9. The number of aryl methyl sites for hydroxylation is 1. The van der Waals surface area contributed by atoms with Gasteiger partial charge in [-0.2, -0.15) is 0 Å². The first-order valence-corrected chi connectivity index (χ1v) is 8.65. The average Bonchev–Trinajstić information content (AvgIpc) is 2.99. The molecule has 5 nitrogen and oxygen atoms in total. The monoisotopic (exact) mass is 389 g/mol. The highest BCUT2D eigenvalue weighted by molar-refractivity contribution is 6.35. The van der Waals surface area contributed by atoms with Crippen molar-refractivity contribution < 1.29 is 23.1 Å². The highest BCUT2D eigenvalue weighted by atomic mass is 35.5. The summed E-state index contributed by atoms with van der Waals surface area (Å²) in [7, 11) is 0. The molecule has 7 heteroatoms. The molecule has 1 N–H and O–H groups in total. The third-order valence-corrected chi connectivity index (χ3v) is 4.43. The van der Waals surface area contributed by atoms with E-state index in [-0.39, 0.29) is 18.1 Å². The lowest BCUT2D eigenvalue weighted by Gasteiger charge is -2.13. The van der Waals surface area contributed by atoms with Gasteiger partial charge in [0.15, 0.2) is 11.7 Å². The highest BCUT2D eigenvalue weighted by Gasteiger charge is 2.24. The number of benzene rings is 2. The Bertz CT molecular complexity index is 997. The number of ether oxygens (including phenoxy) is 1. The van der Waals surface area contributed by atoms with Gasteiger partial charge in [-0.1, -0.05) is 35.9 Å². The van der Waals surface area contributed by atoms with Crippen LogP contribution in [0.3, 0.4) is 0 Å². The average molecular weight is 390 g/mol. The van der Waals surface area contributed by atoms with Gasteiger partial charge in [0.1, 0.15) is 5.82 Å². The number of amides is 1. The number of hydrogen-bond acceptors (Lipinski definition) is 4. The van der Waals surface area contributed by atoms with E-state index < -0.39 is 18.0 Å². The first-order valence-electron chi connectivity index (χ1n) is 8.27. The summed E-state index contributed by atoms with van der Waals surface area (Å²) in [6.45, 7) is 3.38. The topological polar surface area (TPSA) is 68.5 Å². The van der Waals surface area contributed by atoms with Crippen LogP contribution in [0.15, 0.2) is 46.9 Å². The summed E-state index contributed by atoms with van der Waals surface area (Å²) in [6.07, 6.45) is -1.03. The first-order chi connectivity index (χ1) is 12.9. The summed E-state index contributed by atoms with van der Waals surface area (Å²) in [5.74, 6) is -1.56. The molecule has 1 aromatic heterocycles. The molecule has 0 saturated carbocycles. The van der Waals surface area contributed by atoms with E-state index in [1.807, 2.05) is 0 Å². The molecule has 2 aromatic carbocycles. The predicted octanol–water partition coefficient (Wildman–Crippen LogP) is 4.40. The molecule has 0 fully saturated rings. The van der Waals surface area contributed by atoms with Gasteiger partial charge in [-0.05, 0) is 37.6 Å². The van der Waals surface area contributed by atoms with Gasteiger partial charge in [-0.3, -0.25) is 4.79 Å². The zero-order valence-electron chi connectivity index (χ0n) is 14.7. The van der Waals surface area contributed by atoms with Crippen LogP contribution in [0.25, 0.3) is 11.0 Å². The number of furan rings is 1. The van der Waals surface area contributed by atoms with Gasteiger partial charge >= 0.3 is 5.97 Å². The number of carbonyl (C=O) groups is 2. The summed E-state index contributed by atoms with van der Waals surface area (Å²) in [4.78, 5) is 24.5. The number of para-hydroxylation sites is 1. The number of fused-ring (bicyclic) bond motifs is 1. The predicted molar refractivity (Wildman–Crippen MR) is 99.1 cm³/mol. The number of carbonyl (C=O) groups excluding carboxylic acids is 2. The zero-order chi connectivity index (χ0) is 19.6. The summed E-state index contributed by atoms with van der Waals surface area (Å²) in [5.41, 5.74) is 1.72. The Hall–Kier alpha value is -2.86. The quantitative estimate of drug-likeness (QED) is 0.657. The Labute approximate surface area is 160 Å². The van der Waals surface area contributed by atoms with Gasteiger partial charge in [0, 0.05) is 17.5 Å². The molecule has 1 atom stereocenters. The van der Waals surface area contributed by atoms with Gasteiger partial charge in [0.2, 0.25) is 5.76 Å². The lowest BCUT2D eigenvalue weighted by Crippen LogP contribution is -2.35. The summed E-state index contributed by atoms with van der Waals surface area (Å²) >= 11 is 6.08. The maximum atomic E-state index is 12.9. The molecule has 0 radical (unpaired) electrons. The lowest BCUT2D eigenvalue weighted by atomic mass is 10.1. The molecule has 1 heterocycles. The second kappa shape index (κ2) is 7.80. The van der Waals surface area contributed by atoms with Crippen LogP contribution in [0.5, 0.6) is 0 Å². The largest absolute Gasteiger partial charge is 0.447 e. The van der Waals surface area contributed by atoms with E-state index in [0.29, 0.717) is 21.6 Å². The number of nitrogens with one attached hydrogen (secondary N) is 1. The number of esters is 1. The Morgan fingerprint density at radius 1 is 1.22 bits per heavy atom. The van der Waals surface area contributed by atoms with E-state index in [0.717, 1.165) is 5.56 Å². The van der Waals surface area contributed by atoms with Crippen molar-refractivity contribution in [2.45, 2.75) is 26.5 Å². The molecule has 3 rings (SSSR count). The normalized spacial score (nSPS) is 12.0. The molecule has 1 amide bonds. The van der Waals surface area contributed by atoms with Crippen LogP contribution in [-0.4, -0.2) is 18.0 Å². The van der Waals surface area contributed by atoms with Crippen molar-refractivity contribution in [1.82, 2.24) is 5.32 Å². The van der Waals surface area contributed by atoms with Crippen LogP contribution in [0.1, 0.15) is 28.6 Å². The van der Waals surface area contributed by atoms with Crippen LogP contribution in [0.2, 0.25) is 5.02 Å². The number of hydrogen-bond donors (Lipinski definition) is 1. The van der Waals surface area contributed by atoms with Crippen molar-refractivity contribution in [1.29, 1.82) is 0 Å². The number of rotatable bonds is 5. The smallest absolute Gasteiger partial charge is 0.375 e. The molecular formula is C20H17ClFNO4. The lowest BCUT2D eigenvalue weighted by molar-refractivity contribution is -0.129. The van der Waals surface area contributed by atoms with Crippen LogP contribution in [0, 0.1) is 12.7 Å². The van der Waals surface area contributed by atoms with E-state index in [1.165, 1.54) is 19.1 Å². The Morgan fingerprint density at radius 3 is 2.59 bits per heavy atom. The summed E-state index contributed by atoms with van der Waals surface area (Å²) in [5, 5.41) is 3.73. The van der Waals surface area contributed by atoms with Crippen molar-refractivity contribution >= 4 is 34.4 Å². The van der Waals surface area contributed by atoms with Gasteiger partial charge in [-0.15, -0.1) is 0 Å². The SMILES string of the molecule is Cc1c(C(=O)OC(C)C(=O)NCc2ccc(F)cc2)oc2c(Cl)cccc12. The minimum Gasteiger partial charge on any atom is -0.447 e. The Kier molecular flexibility index (Phi) is 5.46. The standard InChI is InChI=1S/C20H17ClFNO4/c1-11-15-4-3-5-16(21)18(15)27-17(11)20(25)26-12(2)19(24)23-10-13-6-8-14(22)9-7-13/h3-9,12H,10H2,1-2H3,(H,23,24). The first kappa shape index (κ1) is 18.9. The third kappa shape index (κ3) is 4.11. The van der Waals surface area contributed by atoms with E-state index in [1.54, 1.807) is 37.3 Å². The fourth-order valence-electron chi connectivity index (χ4n) is 2.61. The minimum absolute atomic E-state index is 0.0104. The van der Waals surface area contributed by atoms with Gasteiger partial charge < -0.3 is 14.5 Å². The van der Waals surface area contributed by atoms with Gasteiger partial charge in [0.25, 0.3) is 5.91 Å². The van der Waals surface area contributed by atoms with E-state index in [2.05, 4.69) is 5.32 Å². The van der Waals surface area contributed by atoms with E-state index >= 15 is 0 Å². The molecule has 0 aliphatic rings. The molecule has 3 aromatic rings. The summed E-state index contributed by atoms with van der Waals surface area (Å²) in [6, 6.07) is 10.9. The molecule has 27 heavy (non-hydrogen) atoms. The number of halogens is 2. The molecular weight excluding hydrogens is 373 g/mol. The zero-order valence-corrected chi connectivity index (χ0v) is 15.5. The highest BCUT2D eigenvalue weighted by Crippen LogP contribution is 2.31. The molecule has 140 valence electrons. The van der Waals surface area contributed by atoms with E-state index in [9.17, 15) is 14.0 Å². The fourth-order valence-corrected chi connectivity index (χ4v) is 2.82. The molecule has 0 bridgehead atoms. The van der Waals surface area contributed by atoms with Crippen LogP contribution < -0.4 is 5.32 Å². The van der Waals surface area contributed by atoms with Gasteiger partial charge in [0.05, 0.1) is 5.02 Å². The molecule has 1 unspecified atom stereocenters. The van der Waals surface area contributed by atoms with Gasteiger partial charge in [-0.25, -0.2) is 9.18 Å². The molecule has 0 saturated heterocycles. The van der Waals surface area contributed by atoms with Crippen molar-refractivity contribution in [2.75, 3.05) is 0 Å². The van der Waals surface area contributed by atoms with Crippen molar-refractivity contribution in [2.24, 2.45) is 0 Å². The minimum atomic E-state index is -1.03. The van der Waals surface area contributed by atoms with Crippen LogP contribution in [-0.2, 0) is 16.1 Å². The third-order valence-electron chi connectivity index (χ3n) is 4.13. The second-order valence-corrected chi connectivity index (χ2v) is 6.47. The van der Waals surface area contributed by atoms with Crippen molar-refractivity contribution in [3.8, 4) is 0 Å². The van der Waals surface area contributed by atoms with E-state index in [4.69, 9.17) is 20.8 Å².